The summed E-state index contributed by atoms with van der Waals surface area (Å²) < 4.78 is 1.48. The summed E-state index contributed by atoms with van der Waals surface area (Å²) in [6.45, 7) is 0.0371. The lowest BCUT2D eigenvalue weighted by Gasteiger charge is -2.03. The van der Waals surface area contributed by atoms with Crippen molar-refractivity contribution in [3.8, 4) is 0 Å². The van der Waals surface area contributed by atoms with Crippen molar-refractivity contribution in [2.75, 3.05) is 6.61 Å². The van der Waals surface area contributed by atoms with Gasteiger partial charge in [0, 0.05) is 24.6 Å². The molecule has 0 aliphatic heterocycles. The first-order chi connectivity index (χ1) is 7.24. The first-order valence-corrected chi connectivity index (χ1v) is 4.96. The Balaban J connectivity index is 2.57. The minimum Gasteiger partial charge on any atom is -0.396 e. The average molecular weight is 228 g/mol. The Labute approximate surface area is 90.3 Å². The number of hydrogen-bond donors (Lipinski definition) is 2. The first kappa shape index (κ1) is 10.2. The Kier molecular flexibility index (Phi) is 2.75. The summed E-state index contributed by atoms with van der Waals surface area (Å²) >= 11 is 5.92. The van der Waals surface area contributed by atoms with Crippen molar-refractivity contribution < 1.29 is 5.11 Å². The lowest BCUT2D eigenvalue weighted by molar-refractivity contribution is 0.288. The van der Waals surface area contributed by atoms with Crippen molar-refractivity contribution in [3.05, 3.63) is 33.3 Å². The van der Waals surface area contributed by atoms with Gasteiger partial charge in [0.05, 0.1) is 0 Å². The summed E-state index contributed by atoms with van der Waals surface area (Å²) in [6, 6.07) is 0. The molecule has 0 unspecified atom stereocenters. The zero-order valence-electron chi connectivity index (χ0n) is 7.90. The zero-order chi connectivity index (χ0) is 10.8. The quantitative estimate of drug-likeness (QED) is 0.807. The third-order valence-electron chi connectivity index (χ3n) is 2.19. The molecule has 0 amide bonds. The molecule has 0 fully saturated rings. The molecule has 15 heavy (non-hydrogen) atoms. The van der Waals surface area contributed by atoms with Crippen LogP contribution in [0.4, 0.5) is 0 Å². The van der Waals surface area contributed by atoms with E-state index in [2.05, 4.69) is 10.1 Å². The predicted molar refractivity (Wildman–Crippen MR) is 56.2 cm³/mol. The van der Waals surface area contributed by atoms with Crippen LogP contribution in [-0.4, -0.2) is 26.3 Å². The first-order valence-electron chi connectivity index (χ1n) is 4.58. The second-order valence-electron chi connectivity index (χ2n) is 3.18. The number of rotatable bonds is 3. The molecule has 2 N–H and O–H groups in total. The van der Waals surface area contributed by atoms with Crippen LogP contribution in [0.1, 0.15) is 12.0 Å². The predicted octanol–water partition coefficient (Wildman–Crippen LogP) is 0.601. The van der Waals surface area contributed by atoms with Crippen LogP contribution in [0.3, 0.4) is 0 Å². The van der Waals surface area contributed by atoms with Crippen molar-refractivity contribution >= 4 is 17.2 Å². The van der Waals surface area contributed by atoms with Crippen LogP contribution >= 0.6 is 11.6 Å². The van der Waals surface area contributed by atoms with Crippen molar-refractivity contribution in [1.82, 2.24) is 14.6 Å². The number of hydrogen-bond acceptors (Lipinski definition) is 3. The highest BCUT2D eigenvalue weighted by Crippen LogP contribution is 2.11. The van der Waals surface area contributed by atoms with Crippen LogP contribution in [0.2, 0.25) is 5.15 Å². The summed E-state index contributed by atoms with van der Waals surface area (Å²) in [7, 11) is 0. The van der Waals surface area contributed by atoms with Gasteiger partial charge in [-0.1, -0.05) is 11.6 Å². The highest BCUT2D eigenvalue weighted by atomic mass is 35.5. The van der Waals surface area contributed by atoms with Gasteiger partial charge in [-0.15, -0.1) is 0 Å². The number of H-pyrrole nitrogens is 1. The van der Waals surface area contributed by atoms with Crippen molar-refractivity contribution in [1.29, 1.82) is 0 Å². The molecule has 0 saturated heterocycles. The number of aliphatic hydroxyl groups excluding tert-OH is 1. The highest BCUT2D eigenvalue weighted by Gasteiger charge is 2.10. The fraction of sp³-hybridized carbons (Fsp3) is 0.333. The Morgan fingerprint density at radius 1 is 1.60 bits per heavy atom. The molecule has 0 saturated carbocycles. The number of aliphatic hydroxyl groups is 1. The Hall–Kier alpha value is -1.33. The van der Waals surface area contributed by atoms with Gasteiger partial charge in [-0.2, -0.15) is 0 Å². The highest BCUT2D eigenvalue weighted by molar-refractivity contribution is 6.30. The molecule has 2 rings (SSSR count). The summed E-state index contributed by atoms with van der Waals surface area (Å²) in [4.78, 5) is 15.8. The van der Waals surface area contributed by atoms with E-state index in [0.717, 1.165) is 0 Å². The fourth-order valence-corrected chi connectivity index (χ4v) is 1.72. The fourth-order valence-electron chi connectivity index (χ4n) is 1.45. The lowest BCUT2D eigenvalue weighted by atomic mass is 10.2. The molecule has 2 heterocycles. The molecular weight excluding hydrogens is 218 g/mol. The van der Waals surface area contributed by atoms with Gasteiger partial charge in [0.15, 0.2) is 5.65 Å². The van der Waals surface area contributed by atoms with Gasteiger partial charge in [-0.3, -0.25) is 9.89 Å². The third kappa shape index (κ3) is 1.75. The van der Waals surface area contributed by atoms with Crippen LogP contribution < -0.4 is 5.43 Å². The maximum atomic E-state index is 11.8. The monoisotopic (exact) mass is 227 g/mol. The zero-order valence-corrected chi connectivity index (χ0v) is 8.66. The number of halogens is 1. The standard InChI is InChI=1S/C9H10ClN3O2/c10-8-6(2-1-5-14)7(15)9-11-3-4-13(9)12-8/h3-4,12,14H,1-2,5H2. The smallest absolute Gasteiger partial charge is 0.229 e. The van der Waals surface area contributed by atoms with Crippen molar-refractivity contribution in [3.63, 3.8) is 0 Å². The van der Waals surface area contributed by atoms with E-state index in [-0.39, 0.29) is 12.0 Å². The number of nitrogens with one attached hydrogen (secondary N) is 1. The van der Waals surface area contributed by atoms with Gasteiger partial charge in [0.1, 0.15) is 5.15 Å². The minimum absolute atomic E-state index is 0.0371. The van der Waals surface area contributed by atoms with Gasteiger partial charge in [-0.05, 0) is 12.8 Å². The minimum atomic E-state index is -0.183. The van der Waals surface area contributed by atoms with Crippen molar-refractivity contribution in [2.45, 2.75) is 12.8 Å². The number of fused-ring (bicyclic) bond motifs is 1. The number of aromatic amines is 1. The van der Waals surface area contributed by atoms with E-state index >= 15 is 0 Å². The Morgan fingerprint density at radius 3 is 3.13 bits per heavy atom. The van der Waals surface area contributed by atoms with E-state index in [1.54, 1.807) is 6.20 Å². The molecule has 2 aromatic rings. The summed E-state index contributed by atoms with van der Waals surface area (Å²) in [6.07, 6.45) is 4.12. The number of imidazole rings is 1. The lowest BCUT2D eigenvalue weighted by Crippen LogP contribution is -2.15. The molecule has 0 atom stereocenters. The molecule has 2 aromatic heterocycles. The van der Waals surface area contributed by atoms with Crippen LogP contribution in [0, 0.1) is 0 Å². The molecule has 0 aliphatic carbocycles. The van der Waals surface area contributed by atoms with Gasteiger partial charge in [-0.25, -0.2) is 9.50 Å². The number of aromatic nitrogens is 3. The van der Waals surface area contributed by atoms with Crippen LogP contribution in [0.15, 0.2) is 17.2 Å². The van der Waals surface area contributed by atoms with E-state index in [1.165, 1.54) is 10.7 Å². The molecule has 0 aliphatic rings. The van der Waals surface area contributed by atoms with Crippen LogP contribution in [-0.2, 0) is 6.42 Å². The maximum absolute atomic E-state index is 11.8. The molecule has 5 nitrogen and oxygen atoms in total. The Morgan fingerprint density at radius 2 is 2.40 bits per heavy atom. The maximum Gasteiger partial charge on any atom is 0.229 e. The molecule has 0 bridgehead atoms. The van der Waals surface area contributed by atoms with E-state index < -0.39 is 0 Å². The van der Waals surface area contributed by atoms with Gasteiger partial charge < -0.3 is 5.11 Å². The van der Waals surface area contributed by atoms with E-state index in [0.29, 0.717) is 29.2 Å². The average Bonchev–Trinajstić information content (AvgIpc) is 2.65. The second-order valence-corrected chi connectivity index (χ2v) is 3.56. The molecule has 6 heteroatoms. The SMILES string of the molecule is O=c1c(CCCO)c(Cl)[nH]n2ccnc12. The summed E-state index contributed by atoms with van der Waals surface area (Å²) in [5.74, 6) is 0. The summed E-state index contributed by atoms with van der Waals surface area (Å²) in [5.41, 5.74) is 0.619. The third-order valence-corrected chi connectivity index (χ3v) is 2.50. The van der Waals surface area contributed by atoms with E-state index in [9.17, 15) is 4.79 Å². The molecule has 80 valence electrons. The molecule has 0 aromatic carbocycles. The molecule has 0 spiro atoms. The number of nitrogens with zero attached hydrogens (tertiary/aromatic N) is 2. The topological polar surface area (TPSA) is 70.4 Å². The molecule has 0 radical (unpaired) electrons. The second kappa shape index (κ2) is 4.04. The van der Waals surface area contributed by atoms with Crippen LogP contribution in [0.5, 0.6) is 0 Å². The van der Waals surface area contributed by atoms with Gasteiger partial charge in [0.25, 0.3) is 0 Å². The van der Waals surface area contributed by atoms with Crippen LogP contribution in [0.25, 0.3) is 5.65 Å². The Bertz CT molecular complexity index is 532. The molecular formula is C9H10ClN3O2. The van der Waals surface area contributed by atoms with E-state index in [4.69, 9.17) is 16.7 Å². The summed E-state index contributed by atoms with van der Waals surface area (Å²) in [5, 5.41) is 11.8. The van der Waals surface area contributed by atoms with Crippen molar-refractivity contribution in [2.24, 2.45) is 0 Å². The van der Waals surface area contributed by atoms with E-state index in [1.807, 2.05) is 0 Å². The van der Waals surface area contributed by atoms with Gasteiger partial charge in [0.2, 0.25) is 5.43 Å². The largest absolute Gasteiger partial charge is 0.396 e. The van der Waals surface area contributed by atoms with Gasteiger partial charge >= 0.3 is 0 Å². The normalized spacial score (nSPS) is 11.1.